The molecule has 2 heterocycles. The number of nitrogens with one attached hydrogen (secondary N) is 1. The zero-order valence-electron chi connectivity index (χ0n) is 15.9. The lowest BCUT2D eigenvalue weighted by Crippen LogP contribution is -2.24. The van der Waals surface area contributed by atoms with Crippen molar-refractivity contribution in [2.75, 3.05) is 0 Å². The number of hydrogen-bond donors (Lipinski definition) is 1. The van der Waals surface area contributed by atoms with Crippen molar-refractivity contribution in [1.82, 2.24) is 15.1 Å². The second-order valence-corrected chi connectivity index (χ2v) is 6.56. The smallest absolute Gasteiger partial charge is 0.337 e. The second-order valence-electron chi connectivity index (χ2n) is 6.56. The molecule has 0 unspecified atom stereocenters. The van der Waals surface area contributed by atoms with Crippen molar-refractivity contribution in [3.63, 3.8) is 0 Å². The largest absolute Gasteiger partial charge is 0.491 e. The number of hydrogen-bond acceptors (Lipinski definition) is 5. The summed E-state index contributed by atoms with van der Waals surface area (Å²) in [4.78, 5) is 24.6. The molecule has 0 saturated heterocycles. The third kappa shape index (κ3) is 4.02. The SMILES string of the molecule is CCn1ncc(CNC(=O)c2cc(=O)oc3cc(OC(C)C)ccc23)c1C. The predicted octanol–water partition coefficient (Wildman–Crippen LogP) is 3.04. The van der Waals surface area contributed by atoms with Gasteiger partial charge in [-0.1, -0.05) is 0 Å². The standard InChI is InChI=1S/C20H23N3O4/c1-5-23-13(4)14(11-22-23)10-21-20(25)17-9-19(24)27-18-8-15(26-12(2)3)6-7-16(17)18/h6-9,11-12H,5,10H2,1-4H3,(H,21,25). The molecule has 3 rings (SSSR count). The van der Waals surface area contributed by atoms with Crippen molar-refractivity contribution >= 4 is 16.9 Å². The molecule has 0 fully saturated rings. The van der Waals surface area contributed by atoms with E-state index in [1.165, 1.54) is 6.07 Å². The van der Waals surface area contributed by atoms with Crippen molar-refractivity contribution in [1.29, 1.82) is 0 Å². The first kappa shape index (κ1) is 18.7. The van der Waals surface area contributed by atoms with E-state index in [4.69, 9.17) is 9.15 Å². The maximum absolute atomic E-state index is 12.7. The fourth-order valence-corrected chi connectivity index (χ4v) is 2.92. The van der Waals surface area contributed by atoms with Crippen molar-refractivity contribution < 1.29 is 13.9 Å². The molecule has 0 atom stereocenters. The third-order valence-electron chi connectivity index (χ3n) is 4.28. The highest BCUT2D eigenvalue weighted by molar-refractivity contribution is 6.05. The molecule has 2 aromatic heterocycles. The van der Waals surface area contributed by atoms with Crippen LogP contribution in [0.1, 0.15) is 42.4 Å². The second kappa shape index (κ2) is 7.65. The number of fused-ring (bicyclic) bond motifs is 1. The Morgan fingerprint density at radius 2 is 2.11 bits per heavy atom. The average molecular weight is 369 g/mol. The van der Waals surface area contributed by atoms with Gasteiger partial charge in [-0.2, -0.15) is 5.10 Å². The molecule has 1 aromatic carbocycles. The van der Waals surface area contributed by atoms with Gasteiger partial charge in [0.1, 0.15) is 11.3 Å². The highest BCUT2D eigenvalue weighted by Gasteiger charge is 2.15. The van der Waals surface area contributed by atoms with Gasteiger partial charge in [0.2, 0.25) is 0 Å². The van der Waals surface area contributed by atoms with E-state index in [0.29, 0.717) is 23.3 Å². The van der Waals surface area contributed by atoms with Crippen LogP contribution < -0.4 is 15.7 Å². The molecule has 0 bridgehead atoms. The summed E-state index contributed by atoms with van der Waals surface area (Å²) in [6, 6.07) is 6.33. The minimum atomic E-state index is -0.579. The van der Waals surface area contributed by atoms with Crippen LogP contribution in [0.5, 0.6) is 5.75 Å². The molecule has 0 saturated carbocycles. The van der Waals surface area contributed by atoms with Crippen molar-refractivity contribution in [3.8, 4) is 5.75 Å². The molecule has 0 aliphatic carbocycles. The Morgan fingerprint density at radius 3 is 2.78 bits per heavy atom. The minimum Gasteiger partial charge on any atom is -0.491 e. The molecule has 0 aliphatic rings. The molecule has 27 heavy (non-hydrogen) atoms. The van der Waals surface area contributed by atoms with E-state index in [1.54, 1.807) is 24.4 Å². The van der Waals surface area contributed by atoms with Gasteiger partial charge in [-0.15, -0.1) is 0 Å². The van der Waals surface area contributed by atoms with Crippen LogP contribution in [0.3, 0.4) is 0 Å². The number of ether oxygens (including phenoxy) is 1. The van der Waals surface area contributed by atoms with Gasteiger partial charge in [0, 0.05) is 41.9 Å². The third-order valence-corrected chi connectivity index (χ3v) is 4.28. The Labute approximate surface area is 156 Å². The van der Waals surface area contributed by atoms with Gasteiger partial charge in [0.05, 0.1) is 17.9 Å². The lowest BCUT2D eigenvalue weighted by Gasteiger charge is -2.11. The Kier molecular flexibility index (Phi) is 5.30. The minimum absolute atomic E-state index is 0.00655. The average Bonchev–Trinajstić information content (AvgIpc) is 2.97. The van der Waals surface area contributed by atoms with Crippen LogP contribution in [0.2, 0.25) is 0 Å². The number of rotatable bonds is 6. The number of nitrogens with zero attached hydrogens (tertiary/aromatic N) is 2. The molecule has 0 radical (unpaired) electrons. The summed E-state index contributed by atoms with van der Waals surface area (Å²) in [6.45, 7) is 8.89. The van der Waals surface area contributed by atoms with Gasteiger partial charge in [0.15, 0.2) is 0 Å². The summed E-state index contributed by atoms with van der Waals surface area (Å²) in [5.74, 6) is 0.245. The zero-order chi connectivity index (χ0) is 19.6. The first-order valence-electron chi connectivity index (χ1n) is 8.93. The van der Waals surface area contributed by atoms with Gasteiger partial charge in [-0.25, -0.2) is 4.79 Å². The maximum atomic E-state index is 12.7. The van der Waals surface area contributed by atoms with E-state index in [9.17, 15) is 9.59 Å². The fourth-order valence-electron chi connectivity index (χ4n) is 2.92. The monoisotopic (exact) mass is 369 g/mol. The number of aromatic nitrogens is 2. The summed E-state index contributed by atoms with van der Waals surface area (Å²) < 4.78 is 12.7. The molecule has 1 amide bonds. The molecule has 142 valence electrons. The van der Waals surface area contributed by atoms with Crippen LogP contribution in [-0.2, 0) is 13.1 Å². The Bertz CT molecular complexity index is 1030. The first-order chi connectivity index (χ1) is 12.9. The van der Waals surface area contributed by atoms with Crippen LogP contribution in [0.15, 0.2) is 39.7 Å². The van der Waals surface area contributed by atoms with Crippen LogP contribution >= 0.6 is 0 Å². The number of benzene rings is 1. The normalized spacial score (nSPS) is 11.1. The Hall–Kier alpha value is -3.09. The predicted molar refractivity (Wildman–Crippen MR) is 102 cm³/mol. The molecular formula is C20H23N3O4. The van der Waals surface area contributed by atoms with E-state index in [2.05, 4.69) is 10.4 Å². The number of carbonyl (C=O) groups excluding carboxylic acids is 1. The Balaban J connectivity index is 1.87. The molecule has 3 aromatic rings. The van der Waals surface area contributed by atoms with Gasteiger partial charge in [0.25, 0.3) is 5.91 Å². The summed E-state index contributed by atoms with van der Waals surface area (Å²) in [5.41, 5.74) is 1.96. The van der Waals surface area contributed by atoms with Gasteiger partial charge in [-0.3, -0.25) is 9.48 Å². The first-order valence-corrected chi connectivity index (χ1v) is 8.93. The van der Waals surface area contributed by atoms with Crippen LogP contribution in [0.25, 0.3) is 11.0 Å². The van der Waals surface area contributed by atoms with Gasteiger partial charge < -0.3 is 14.5 Å². The Morgan fingerprint density at radius 1 is 1.33 bits per heavy atom. The summed E-state index contributed by atoms with van der Waals surface area (Å²) in [7, 11) is 0. The quantitative estimate of drug-likeness (QED) is 0.675. The summed E-state index contributed by atoms with van der Waals surface area (Å²) >= 11 is 0. The molecule has 7 heteroatoms. The molecular weight excluding hydrogens is 346 g/mol. The molecule has 0 spiro atoms. The number of amides is 1. The summed E-state index contributed by atoms with van der Waals surface area (Å²) in [5, 5.41) is 7.68. The fraction of sp³-hybridized carbons (Fsp3) is 0.350. The zero-order valence-corrected chi connectivity index (χ0v) is 15.9. The van der Waals surface area contributed by atoms with E-state index in [0.717, 1.165) is 17.8 Å². The number of carbonyl (C=O) groups is 1. The van der Waals surface area contributed by atoms with Gasteiger partial charge >= 0.3 is 5.63 Å². The lowest BCUT2D eigenvalue weighted by molar-refractivity contribution is 0.0952. The van der Waals surface area contributed by atoms with Crippen LogP contribution in [0, 0.1) is 6.92 Å². The van der Waals surface area contributed by atoms with Crippen molar-refractivity contribution in [2.45, 2.75) is 46.9 Å². The van der Waals surface area contributed by atoms with E-state index in [1.807, 2.05) is 32.4 Å². The van der Waals surface area contributed by atoms with Crippen molar-refractivity contribution in [2.24, 2.45) is 0 Å². The molecule has 1 N–H and O–H groups in total. The lowest BCUT2D eigenvalue weighted by atomic mass is 10.1. The van der Waals surface area contributed by atoms with E-state index < -0.39 is 5.63 Å². The van der Waals surface area contributed by atoms with Crippen molar-refractivity contribution in [3.05, 3.63) is 57.7 Å². The van der Waals surface area contributed by atoms with Gasteiger partial charge in [-0.05, 0) is 39.8 Å². The molecule has 0 aliphatic heterocycles. The highest BCUT2D eigenvalue weighted by atomic mass is 16.5. The number of aryl methyl sites for hydroxylation is 1. The topological polar surface area (TPSA) is 86.4 Å². The highest BCUT2D eigenvalue weighted by Crippen LogP contribution is 2.23. The molecule has 7 nitrogen and oxygen atoms in total. The van der Waals surface area contributed by atoms with Crippen LogP contribution in [-0.4, -0.2) is 21.8 Å². The summed E-state index contributed by atoms with van der Waals surface area (Å²) in [6.07, 6.45) is 1.74. The van der Waals surface area contributed by atoms with E-state index >= 15 is 0 Å². The van der Waals surface area contributed by atoms with E-state index in [-0.39, 0.29) is 17.6 Å². The maximum Gasteiger partial charge on any atom is 0.337 e. The van der Waals surface area contributed by atoms with Crippen LogP contribution in [0.4, 0.5) is 0 Å².